The molecule has 5 heteroatoms. The summed E-state index contributed by atoms with van der Waals surface area (Å²) in [6, 6.07) is 1.02. The van der Waals surface area contributed by atoms with Gasteiger partial charge in [-0.2, -0.15) is 0 Å². The lowest BCUT2D eigenvalue weighted by Crippen LogP contribution is -2.73. The number of hydrogen-bond acceptors (Lipinski definition) is 3. The Bertz CT molecular complexity index is 532. The van der Waals surface area contributed by atoms with Gasteiger partial charge in [-0.05, 0) is 73.1 Å². The van der Waals surface area contributed by atoms with E-state index in [4.69, 9.17) is 0 Å². The third-order valence-electron chi connectivity index (χ3n) is 7.33. The van der Waals surface area contributed by atoms with E-state index in [9.17, 15) is 4.79 Å². The van der Waals surface area contributed by atoms with Crippen LogP contribution in [-0.2, 0) is 0 Å². The molecule has 3 aliphatic rings. The van der Waals surface area contributed by atoms with E-state index in [-0.39, 0.29) is 23.2 Å². The van der Waals surface area contributed by atoms with E-state index in [1.54, 1.807) is 0 Å². The van der Waals surface area contributed by atoms with Gasteiger partial charge in [-0.15, -0.1) is 0 Å². The molecule has 27 heavy (non-hydrogen) atoms. The first kappa shape index (κ1) is 20.9. The number of piperidine rings is 1. The second kappa shape index (κ2) is 7.55. The minimum absolute atomic E-state index is 0.199. The van der Waals surface area contributed by atoms with Gasteiger partial charge in [-0.1, -0.05) is 0 Å². The highest BCUT2D eigenvalue weighted by atomic mass is 16.2. The average molecular weight is 379 g/mol. The molecule has 0 atom stereocenters. The monoisotopic (exact) mass is 378 g/mol. The van der Waals surface area contributed by atoms with Crippen LogP contribution in [0.15, 0.2) is 0 Å². The van der Waals surface area contributed by atoms with Crippen LogP contribution in [-0.4, -0.2) is 88.6 Å². The SMILES string of the molecule is CC(C)N(C)C(=O)N1CCC2(CC1)CN(C(C)C)C(C)(C)CN2CC1CC1. The van der Waals surface area contributed by atoms with Crippen LogP contribution in [0, 0.1) is 5.92 Å². The maximum atomic E-state index is 12.8. The molecule has 0 aromatic heterocycles. The van der Waals surface area contributed by atoms with Gasteiger partial charge in [0.05, 0.1) is 0 Å². The van der Waals surface area contributed by atoms with Gasteiger partial charge in [-0.25, -0.2) is 4.79 Å². The Hall–Kier alpha value is -0.810. The van der Waals surface area contributed by atoms with Crippen molar-refractivity contribution in [3.63, 3.8) is 0 Å². The minimum Gasteiger partial charge on any atom is -0.325 e. The van der Waals surface area contributed by atoms with Crippen LogP contribution < -0.4 is 0 Å². The van der Waals surface area contributed by atoms with Crippen molar-refractivity contribution in [1.82, 2.24) is 19.6 Å². The van der Waals surface area contributed by atoms with Gasteiger partial charge >= 0.3 is 6.03 Å². The van der Waals surface area contributed by atoms with Crippen LogP contribution in [0.3, 0.4) is 0 Å². The van der Waals surface area contributed by atoms with E-state index in [0.717, 1.165) is 44.9 Å². The Morgan fingerprint density at radius 3 is 2.15 bits per heavy atom. The third-order valence-corrected chi connectivity index (χ3v) is 7.33. The maximum absolute atomic E-state index is 12.8. The first-order chi connectivity index (χ1) is 12.6. The van der Waals surface area contributed by atoms with Gasteiger partial charge in [-0.3, -0.25) is 9.80 Å². The smallest absolute Gasteiger partial charge is 0.319 e. The summed E-state index contributed by atoms with van der Waals surface area (Å²) in [5.74, 6) is 0.912. The summed E-state index contributed by atoms with van der Waals surface area (Å²) < 4.78 is 0. The van der Waals surface area contributed by atoms with Gasteiger partial charge in [0.25, 0.3) is 0 Å². The zero-order valence-corrected chi connectivity index (χ0v) is 18.8. The number of hydrogen-bond donors (Lipinski definition) is 0. The lowest BCUT2D eigenvalue weighted by atomic mass is 9.78. The molecule has 156 valence electrons. The van der Waals surface area contributed by atoms with Crippen molar-refractivity contribution >= 4 is 6.03 Å². The maximum Gasteiger partial charge on any atom is 0.319 e. The molecule has 2 saturated heterocycles. The molecule has 3 rings (SSSR count). The van der Waals surface area contributed by atoms with Crippen LogP contribution in [0.1, 0.15) is 67.2 Å². The number of urea groups is 1. The van der Waals surface area contributed by atoms with Crippen molar-refractivity contribution in [3.05, 3.63) is 0 Å². The number of amides is 2. The first-order valence-corrected chi connectivity index (χ1v) is 11.1. The molecule has 2 aliphatic heterocycles. The van der Waals surface area contributed by atoms with E-state index in [1.807, 2.05) is 11.9 Å². The van der Waals surface area contributed by atoms with Gasteiger partial charge in [0.15, 0.2) is 0 Å². The average Bonchev–Trinajstić information content (AvgIpc) is 3.41. The molecule has 0 N–H and O–H groups in total. The number of likely N-dealkylation sites (tertiary alicyclic amines) is 1. The fraction of sp³-hybridized carbons (Fsp3) is 0.955. The molecule has 3 fully saturated rings. The van der Waals surface area contributed by atoms with Gasteiger partial charge in [0.2, 0.25) is 0 Å². The van der Waals surface area contributed by atoms with E-state index in [2.05, 4.69) is 56.2 Å². The molecule has 2 heterocycles. The minimum atomic E-state index is 0.199. The van der Waals surface area contributed by atoms with E-state index < -0.39 is 0 Å². The van der Waals surface area contributed by atoms with Gasteiger partial charge in [0.1, 0.15) is 0 Å². The quantitative estimate of drug-likeness (QED) is 0.750. The number of carbonyl (C=O) groups excluding carboxylic acids is 1. The topological polar surface area (TPSA) is 30.0 Å². The van der Waals surface area contributed by atoms with E-state index in [1.165, 1.54) is 19.4 Å². The van der Waals surface area contributed by atoms with Crippen LogP contribution in [0.5, 0.6) is 0 Å². The summed E-state index contributed by atoms with van der Waals surface area (Å²) in [4.78, 5) is 22.3. The van der Waals surface area contributed by atoms with Crippen molar-refractivity contribution in [2.75, 3.05) is 39.8 Å². The molecule has 0 aromatic rings. The Morgan fingerprint density at radius 1 is 1.07 bits per heavy atom. The van der Waals surface area contributed by atoms with E-state index in [0.29, 0.717) is 6.04 Å². The highest BCUT2D eigenvalue weighted by Gasteiger charge is 2.51. The van der Waals surface area contributed by atoms with Crippen LogP contribution in [0.2, 0.25) is 0 Å². The number of carbonyl (C=O) groups is 1. The van der Waals surface area contributed by atoms with Gasteiger partial charge < -0.3 is 9.80 Å². The molecule has 2 amide bonds. The fourth-order valence-corrected chi connectivity index (χ4v) is 5.14. The van der Waals surface area contributed by atoms with Crippen molar-refractivity contribution in [2.45, 2.75) is 90.4 Å². The third kappa shape index (κ3) is 4.29. The molecule has 0 bridgehead atoms. The summed E-state index contributed by atoms with van der Waals surface area (Å²) in [7, 11) is 1.93. The highest BCUT2D eigenvalue weighted by molar-refractivity contribution is 5.74. The molecular formula is C22H42N4O. The Kier molecular flexibility index (Phi) is 5.85. The molecule has 1 spiro atoms. The zero-order valence-electron chi connectivity index (χ0n) is 18.8. The highest BCUT2D eigenvalue weighted by Crippen LogP contribution is 2.42. The van der Waals surface area contributed by atoms with Crippen molar-refractivity contribution in [2.24, 2.45) is 5.92 Å². The lowest BCUT2D eigenvalue weighted by molar-refractivity contribution is -0.105. The first-order valence-electron chi connectivity index (χ1n) is 11.1. The summed E-state index contributed by atoms with van der Waals surface area (Å²) in [6.07, 6.45) is 5.03. The number of rotatable bonds is 4. The van der Waals surface area contributed by atoms with Gasteiger partial charge in [0, 0.05) is 62.9 Å². The predicted molar refractivity (Wildman–Crippen MR) is 112 cm³/mol. The summed E-state index contributed by atoms with van der Waals surface area (Å²) in [6.45, 7) is 19.0. The van der Waals surface area contributed by atoms with Crippen LogP contribution in [0.4, 0.5) is 4.79 Å². The second-order valence-electron chi connectivity index (χ2n) is 10.6. The Labute approximate surface area is 167 Å². The largest absolute Gasteiger partial charge is 0.325 e. The van der Waals surface area contributed by atoms with Crippen molar-refractivity contribution in [3.8, 4) is 0 Å². The molecule has 0 radical (unpaired) electrons. The Balaban J connectivity index is 1.74. The summed E-state index contributed by atoms with van der Waals surface area (Å²) >= 11 is 0. The summed E-state index contributed by atoms with van der Waals surface area (Å²) in [5, 5.41) is 0. The normalized spacial score (nSPS) is 26.2. The molecular weight excluding hydrogens is 336 g/mol. The molecule has 0 aromatic carbocycles. The molecule has 1 saturated carbocycles. The van der Waals surface area contributed by atoms with E-state index >= 15 is 0 Å². The predicted octanol–water partition coefficient (Wildman–Crippen LogP) is 3.50. The lowest BCUT2D eigenvalue weighted by Gasteiger charge is -2.61. The number of piperazine rings is 1. The van der Waals surface area contributed by atoms with Crippen molar-refractivity contribution < 1.29 is 4.79 Å². The molecule has 1 aliphatic carbocycles. The van der Waals surface area contributed by atoms with Crippen LogP contribution >= 0.6 is 0 Å². The van der Waals surface area contributed by atoms with Crippen molar-refractivity contribution in [1.29, 1.82) is 0 Å². The standard InChI is InChI=1S/C22H42N4O/c1-17(2)23(7)20(27)24-12-10-22(11-13-24)16-26(18(3)4)21(5,6)15-25(22)14-19-8-9-19/h17-19H,8-16H2,1-7H3. The fourth-order valence-electron chi connectivity index (χ4n) is 5.14. The van der Waals surface area contributed by atoms with Crippen LogP contribution in [0.25, 0.3) is 0 Å². The number of nitrogens with zero attached hydrogens (tertiary/aromatic N) is 4. The molecule has 0 unspecified atom stereocenters. The molecule has 5 nitrogen and oxygen atoms in total. The Morgan fingerprint density at radius 2 is 1.67 bits per heavy atom. The second-order valence-corrected chi connectivity index (χ2v) is 10.6. The zero-order chi connectivity index (χ0) is 20.0. The summed E-state index contributed by atoms with van der Waals surface area (Å²) in [5.41, 5.74) is 0.467.